The van der Waals surface area contributed by atoms with Gasteiger partial charge in [0.2, 0.25) is 0 Å². The number of nitrogen functional groups attached to an aromatic ring is 1. The van der Waals surface area contributed by atoms with Crippen molar-refractivity contribution in [2.75, 3.05) is 17.3 Å². The summed E-state index contributed by atoms with van der Waals surface area (Å²) in [6.07, 6.45) is 3.47. The van der Waals surface area contributed by atoms with Crippen LogP contribution in [0.1, 0.15) is 43.5 Å². The topological polar surface area (TPSA) is 75.9 Å². The summed E-state index contributed by atoms with van der Waals surface area (Å²) in [4.78, 5) is 9.00. The third-order valence-corrected chi connectivity index (χ3v) is 2.78. The number of hydrazine groups is 1. The van der Waals surface area contributed by atoms with Gasteiger partial charge in [0.1, 0.15) is 17.5 Å². The van der Waals surface area contributed by atoms with Gasteiger partial charge in [0.05, 0.1) is 0 Å². The Morgan fingerprint density at radius 2 is 2.00 bits per heavy atom. The van der Waals surface area contributed by atoms with Crippen LogP contribution in [0, 0.1) is 6.92 Å². The molecule has 0 saturated heterocycles. The quantitative estimate of drug-likeness (QED) is 0.522. The molecule has 0 bridgehead atoms. The second-order valence-electron chi connectivity index (χ2n) is 4.25. The van der Waals surface area contributed by atoms with E-state index in [0.717, 1.165) is 36.0 Å². The Balaban J connectivity index is 2.28. The molecule has 1 aromatic rings. The van der Waals surface area contributed by atoms with Gasteiger partial charge in [-0.25, -0.2) is 15.8 Å². The first-order chi connectivity index (χ1) is 7.76. The van der Waals surface area contributed by atoms with Crippen molar-refractivity contribution in [3.8, 4) is 0 Å². The van der Waals surface area contributed by atoms with E-state index < -0.39 is 0 Å². The average Bonchev–Trinajstić information content (AvgIpc) is 3.11. The molecule has 16 heavy (non-hydrogen) atoms. The molecule has 0 amide bonds. The van der Waals surface area contributed by atoms with Crippen LogP contribution in [0.5, 0.6) is 0 Å². The zero-order valence-corrected chi connectivity index (χ0v) is 9.88. The van der Waals surface area contributed by atoms with Crippen LogP contribution in [0.3, 0.4) is 0 Å². The Bertz CT molecular complexity index is 373. The largest absolute Gasteiger partial charge is 0.370 e. The van der Waals surface area contributed by atoms with Crippen LogP contribution in [-0.2, 0) is 0 Å². The first-order valence-corrected chi connectivity index (χ1v) is 5.85. The number of aromatic nitrogens is 2. The standard InChI is InChI=1S/C11H19N5/c1-3-6-13-9-7(2)10(16-12)15-11(14-9)8-4-5-8/h8H,3-6,12H2,1-2H3,(H2,13,14,15,16). The van der Waals surface area contributed by atoms with Gasteiger partial charge in [-0.15, -0.1) is 0 Å². The SMILES string of the molecule is CCCNc1nc(C2CC2)nc(NN)c1C. The van der Waals surface area contributed by atoms with Crippen LogP contribution >= 0.6 is 0 Å². The van der Waals surface area contributed by atoms with Gasteiger partial charge in [0.15, 0.2) is 0 Å². The number of nitrogens with one attached hydrogen (secondary N) is 2. The molecule has 2 rings (SSSR count). The molecule has 1 saturated carbocycles. The molecule has 0 spiro atoms. The van der Waals surface area contributed by atoms with Crippen LogP contribution in [0.25, 0.3) is 0 Å². The van der Waals surface area contributed by atoms with Crippen molar-refractivity contribution >= 4 is 11.6 Å². The Labute approximate surface area is 95.8 Å². The second kappa shape index (κ2) is 4.65. The normalized spacial score (nSPS) is 14.9. The predicted molar refractivity (Wildman–Crippen MR) is 65.3 cm³/mol. The highest BCUT2D eigenvalue weighted by atomic mass is 15.3. The highest BCUT2D eigenvalue weighted by Gasteiger charge is 2.28. The number of nitrogens with zero attached hydrogens (tertiary/aromatic N) is 2. The number of hydrogen-bond acceptors (Lipinski definition) is 5. The zero-order chi connectivity index (χ0) is 11.5. The van der Waals surface area contributed by atoms with Gasteiger partial charge >= 0.3 is 0 Å². The molecule has 0 aliphatic heterocycles. The van der Waals surface area contributed by atoms with Crippen molar-refractivity contribution in [1.29, 1.82) is 0 Å². The maximum Gasteiger partial charge on any atom is 0.148 e. The van der Waals surface area contributed by atoms with Crippen molar-refractivity contribution in [2.24, 2.45) is 5.84 Å². The van der Waals surface area contributed by atoms with Crippen molar-refractivity contribution < 1.29 is 0 Å². The minimum Gasteiger partial charge on any atom is -0.370 e. The summed E-state index contributed by atoms with van der Waals surface area (Å²) >= 11 is 0. The van der Waals surface area contributed by atoms with Gasteiger partial charge in [0, 0.05) is 18.0 Å². The van der Waals surface area contributed by atoms with E-state index in [1.54, 1.807) is 0 Å². The summed E-state index contributed by atoms with van der Waals surface area (Å²) in [6, 6.07) is 0. The molecule has 5 heteroatoms. The lowest BCUT2D eigenvalue weighted by Crippen LogP contribution is -2.15. The van der Waals surface area contributed by atoms with E-state index in [1.165, 1.54) is 12.8 Å². The van der Waals surface area contributed by atoms with Crippen molar-refractivity contribution in [2.45, 2.75) is 39.0 Å². The van der Waals surface area contributed by atoms with E-state index in [0.29, 0.717) is 5.92 Å². The highest BCUT2D eigenvalue weighted by Crippen LogP contribution is 2.39. The lowest BCUT2D eigenvalue weighted by atomic mass is 10.2. The molecule has 1 aliphatic rings. The number of anilines is 2. The summed E-state index contributed by atoms with van der Waals surface area (Å²) in [5.74, 6) is 8.56. The van der Waals surface area contributed by atoms with Gasteiger partial charge in [-0.1, -0.05) is 6.92 Å². The molecule has 1 heterocycles. The zero-order valence-electron chi connectivity index (χ0n) is 9.88. The van der Waals surface area contributed by atoms with E-state index >= 15 is 0 Å². The summed E-state index contributed by atoms with van der Waals surface area (Å²) in [5.41, 5.74) is 3.63. The van der Waals surface area contributed by atoms with Crippen LogP contribution < -0.4 is 16.6 Å². The fraction of sp³-hybridized carbons (Fsp3) is 0.636. The van der Waals surface area contributed by atoms with Crippen molar-refractivity contribution in [1.82, 2.24) is 9.97 Å². The Morgan fingerprint density at radius 3 is 2.56 bits per heavy atom. The molecular weight excluding hydrogens is 202 g/mol. The lowest BCUT2D eigenvalue weighted by molar-refractivity contribution is 0.899. The van der Waals surface area contributed by atoms with Crippen LogP contribution in [-0.4, -0.2) is 16.5 Å². The minimum absolute atomic E-state index is 0.537. The van der Waals surface area contributed by atoms with Gasteiger partial charge in [0.25, 0.3) is 0 Å². The van der Waals surface area contributed by atoms with E-state index in [4.69, 9.17) is 5.84 Å². The van der Waals surface area contributed by atoms with Crippen molar-refractivity contribution in [3.63, 3.8) is 0 Å². The first-order valence-electron chi connectivity index (χ1n) is 5.85. The second-order valence-corrected chi connectivity index (χ2v) is 4.25. The number of hydrogen-bond donors (Lipinski definition) is 3. The molecule has 1 aromatic heterocycles. The Morgan fingerprint density at radius 1 is 1.31 bits per heavy atom. The third-order valence-electron chi connectivity index (χ3n) is 2.78. The summed E-state index contributed by atoms with van der Waals surface area (Å²) in [7, 11) is 0. The van der Waals surface area contributed by atoms with Gasteiger partial charge in [-0.05, 0) is 26.2 Å². The highest BCUT2D eigenvalue weighted by molar-refractivity contribution is 5.57. The maximum absolute atomic E-state index is 5.47. The molecule has 4 N–H and O–H groups in total. The molecule has 0 radical (unpaired) electrons. The smallest absolute Gasteiger partial charge is 0.148 e. The first kappa shape index (κ1) is 11.1. The van der Waals surface area contributed by atoms with Crippen molar-refractivity contribution in [3.05, 3.63) is 11.4 Å². The summed E-state index contributed by atoms with van der Waals surface area (Å²) in [5, 5.41) is 3.31. The van der Waals surface area contributed by atoms with Gasteiger partial charge < -0.3 is 10.7 Å². The fourth-order valence-corrected chi connectivity index (χ4v) is 1.61. The molecule has 88 valence electrons. The monoisotopic (exact) mass is 221 g/mol. The predicted octanol–water partition coefficient (Wildman–Crippen LogP) is 1.77. The fourth-order valence-electron chi connectivity index (χ4n) is 1.61. The maximum atomic E-state index is 5.47. The number of rotatable bonds is 5. The molecule has 5 nitrogen and oxygen atoms in total. The molecule has 0 unspecified atom stereocenters. The van der Waals surface area contributed by atoms with E-state index in [9.17, 15) is 0 Å². The van der Waals surface area contributed by atoms with E-state index in [2.05, 4.69) is 27.6 Å². The minimum atomic E-state index is 0.537. The Kier molecular flexibility index (Phi) is 3.24. The van der Waals surface area contributed by atoms with Crippen LogP contribution in [0.4, 0.5) is 11.6 Å². The third kappa shape index (κ3) is 2.24. The average molecular weight is 221 g/mol. The van der Waals surface area contributed by atoms with Gasteiger partial charge in [-0.2, -0.15) is 0 Å². The van der Waals surface area contributed by atoms with E-state index in [1.807, 2.05) is 6.92 Å². The van der Waals surface area contributed by atoms with Crippen LogP contribution in [0.2, 0.25) is 0 Å². The van der Waals surface area contributed by atoms with E-state index in [-0.39, 0.29) is 0 Å². The number of nitrogens with two attached hydrogens (primary N) is 1. The molecule has 0 aromatic carbocycles. The Hall–Kier alpha value is -1.36. The lowest BCUT2D eigenvalue weighted by Gasteiger charge is -2.12. The molecule has 1 fully saturated rings. The van der Waals surface area contributed by atoms with Crippen LogP contribution in [0.15, 0.2) is 0 Å². The molecule has 0 atom stereocenters. The summed E-state index contributed by atoms with van der Waals surface area (Å²) < 4.78 is 0. The molecular formula is C11H19N5. The molecule has 1 aliphatic carbocycles. The van der Waals surface area contributed by atoms with Gasteiger partial charge in [-0.3, -0.25) is 0 Å². The summed E-state index contributed by atoms with van der Waals surface area (Å²) in [6.45, 7) is 5.03.